The predicted octanol–water partition coefficient (Wildman–Crippen LogP) is 2.58. The molecule has 3 aromatic rings. The van der Waals surface area contributed by atoms with E-state index < -0.39 is 6.10 Å². The van der Waals surface area contributed by atoms with Gasteiger partial charge in [0.05, 0.1) is 5.69 Å². The van der Waals surface area contributed by atoms with Crippen LogP contribution in [0.15, 0.2) is 67.0 Å². The minimum atomic E-state index is -1.21. The lowest BCUT2D eigenvalue weighted by Gasteiger charge is -2.21. The molecule has 1 amide bonds. The molecule has 0 bridgehead atoms. The van der Waals surface area contributed by atoms with Crippen LogP contribution in [0, 0.1) is 6.92 Å². The molecule has 1 atom stereocenters. The molecular formula is C21H23N3O3. The first kappa shape index (κ1) is 18.7. The first-order valence-electron chi connectivity index (χ1n) is 8.75. The van der Waals surface area contributed by atoms with Gasteiger partial charge in [-0.25, -0.2) is 4.68 Å². The van der Waals surface area contributed by atoms with Crippen LogP contribution in [0.5, 0.6) is 5.75 Å². The fourth-order valence-electron chi connectivity index (χ4n) is 2.74. The molecule has 0 aliphatic carbocycles. The lowest BCUT2D eigenvalue weighted by molar-refractivity contribution is -0.140. The van der Waals surface area contributed by atoms with Gasteiger partial charge in [-0.3, -0.25) is 4.79 Å². The molecule has 0 radical (unpaired) electrons. The van der Waals surface area contributed by atoms with Crippen LogP contribution in [0.25, 0.3) is 5.69 Å². The summed E-state index contributed by atoms with van der Waals surface area (Å²) in [5, 5.41) is 14.3. The molecule has 0 fully saturated rings. The molecule has 6 nitrogen and oxygen atoms in total. The number of para-hydroxylation sites is 1. The van der Waals surface area contributed by atoms with Gasteiger partial charge in [0.25, 0.3) is 5.91 Å². The highest BCUT2D eigenvalue weighted by molar-refractivity contribution is 5.80. The van der Waals surface area contributed by atoms with E-state index in [1.807, 2.05) is 67.7 Å². The third-order valence-corrected chi connectivity index (χ3v) is 4.28. The molecule has 0 aliphatic rings. The molecule has 1 N–H and O–H groups in total. The van der Waals surface area contributed by atoms with Gasteiger partial charge in [0.2, 0.25) is 0 Å². The summed E-state index contributed by atoms with van der Waals surface area (Å²) < 4.78 is 7.34. The third-order valence-electron chi connectivity index (χ3n) is 4.28. The van der Waals surface area contributed by atoms with E-state index in [1.165, 1.54) is 4.90 Å². The maximum Gasteiger partial charge on any atom is 0.255 e. The van der Waals surface area contributed by atoms with E-state index in [-0.39, 0.29) is 12.5 Å². The molecule has 0 aliphatic heterocycles. The lowest BCUT2D eigenvalue weighted by Crippen LogP contribution is -2.39. The molecule has 1 heterocycles. The Hall–Kier alpha value is -3.12. The largest absolute Gasteiger partial charge is 0.490 e. The van der Waals surface area contributed by atoms with Gasteiger partial charge >= 0.3 is 0 Å². The Kier molecular flexibility index (Phi) is 5.88. The van der Waals surface area contributed by atoms with Crippen molar-refractivity contribution < 1.29 is 14.6 Å². The number of aliphatic hydroxyl groups excluding tert-OH is 1. The Morgan fingerprint density at radius 3 is 2.59 bits per heavy atom. The van der Waals surface area contributed by atoms with Crippen molar-refractivity contribution in [1.82, 2.24) is 14.7 Å². The fourth-order valence-corrected chi connectivity index (χ4v) is 2.74. The molecule has 27 heavy (non-hydrogen) atoms. The number of amides is 1. The van der Waals surface area contributed by atoms with Gasteiger partial charge in [0.15, 0.2) is 6.10 Å². The molecule has 3 rings (SSSR count). The number of carbonyl (C=O) groups excluding carboxylic acids is 1. The number of ether oxygens (including phenoxy) is 1. The van der Waals surface area contributed by atoms with Gasteiger partial charge in [-0.1, -0.05) is 30.3 Å². The molecule has 6 heteroatoms. The van der Waals surface area contributed by atoms with E-state index >= 15 is 0 Å². The summed E-state index contributed by atoms with van der Waals surface area (Å²) in [6, 6.07) is 17.1. The first-order valence-corrected chi connectivity index (χ1v) is 8.75. The number of aromatic nitrogens is 2. The van der Waals surface area contributed by atoms with Crippen LogP contribution in [0.2, 0.25) is 0 Å². The molecule has 0 spiro atoms. The number of aryl methyl sites for hydroxylation is 1. The number of hydrogen-bond donors (Lipinski definition) is 1. The monoisotopic (exact) mass is 365 g/mol. The van der Waals surface area contributed by atoms with Crippen molar-refractivity contribution in [2.75, 3.05) is 13.7 Å². The van der Waals surface area contributed by atoms with Crippen LogP contribution < -0.4 is 4.74 Å². The van der Waals surface area contributed by atoms with Crippen molar-refractivity contribution in [3.8, 4) is 11.4 Å². The van der Waals surface area contributed by atoms with Gasteiger partial charge < -0.3 is 14.7 Å². The van der Waals surface area contributed by atoms with Crippen LogP contribution in [0.1, 0.15) is 11.1 Å². The highest BCUT2D eigenvalue weighted by Gasteiger charge is 2.20. The minimum Gasteiger partial charge on any atom is -0.490 e. The average molecular weight is 365 g/mol. The standard InChI is InChI=1S/C21H23N3O3/c1-16-6-3-4-7-20(16)27-15-19(25)21(26)23(2)14-17-8-10-18(11-9-17)24-13-5-12-22-24/h3-13,19,25H,14-15H2,1-2H3/t19-/m0/s1. The average Bonchev–Trinajstić information content (AvgIpc) is 3.22. The summed E-state index contributed by atoms with van der Waals surface area (Å²) in [5.41, 5.74) is 2.88. The Bertz CT molecular complexity index is 876. The van der Waals surface area contributed by atoms with Crippen molar-refractivity contribution in [2.45, 2.75) is 19.6 Å². The van der Waals surface area contributed by atoms with E-state index in [1.54, 1.807) is 17.9 Å². The smallest absolute Gasteiger partial charge is 0.255 e. The molecule has 0 saturated carbocycles. The Morgan fingerprint density at radius 2 is 1.93 bits per heavy atom. The highest BCUT2D eigenvalue weighted by Crippen LogP contribution is 2.16. The van der Waals surface area contributed by atoms with Crippen LogP contribution in [-0.2, 0) is 11.3 Å². The normalized spacial score (nSPS) is 11.8. The van der Waals surface area contributed by atoms with E-state index in [2.05, 4.69) is 5.10 Å². The summed E-state index contributed by atoms with van der Waals surface area (Å²) in [5.74, 6) is 0.293. The molecule has 2 aromatic carbocycles. The summed E-state index contributed by atoms with van der Waals surface area (Å²) in [6.45, 7) is 2.24. The second kappa shape index (κ2) is 8.51. The quantitative estimate of drug-likeness (QED) is 0.699. The SMILES string of the molecule is Cc1ccccc1OC[C@H](O)C(=O)N(C)Cc1ccc(-n2cccn2)cc1. The Morgan fingerprint density at radius 1 is 1.19 bits per heavy atom. The van der Waals surface area contributed by atoms with Crippen molar-refractivity contribution >= 4 is 5.91 Å². The van der Waals surface area contributed by atoms with Crippen molar-refractivity contribution in [2.24, 2.45) is 0 Å². The Balaban J connectivity index is 1.54. The van der Waals surface area contributed by atoms with Crippen molar-refractivity contribution in [3.63, 3.8) is 0 Å². The van der Waals surface area contributed by atoms with Crippen molar-refractivity contribution in [3.05, 3.63) is 78.1 Å². The molecule has 1 aromatic heterocycles. The zero-order chi connectivity index (χ0) is 19.2. The maximum absolute atomic E-state index is 12.4. The number of nitrogens with zero attached hydrogens (tertiary/aromatic N) is 3. The van der Waals surface area contributed by atoms with Gasteiger partial charge in [-0.05, 0) is 42.3 Å². The highest BCUT2D eigenvalue weighted by atomic mass is 16.5. The molecule has 140 valence electrons. The van der Waals surface area contributed by atoms with Gasteiger partial charge in [0.1, 0.15) is 12.4 Å². The molecule has 0 unspecified atom stereocenters. The van der Waals surface area contributed by atoms with Crippen LogP contribution in [0.4, 0.5) is 0 Å². The van der Waals surface area contributed by atoms with E-state index in [9.17, 15) is 9.90 Å². The van der Waals surface area contributed by atoms with Crippen LogP contribution >= 0.6 is 0 Å². The zero-order valence-corrected chi connectivity index (χ0v) is 15.4. The number of aliphatic hydroxyl groups is 1. The number of hydrogen-bond acceptors (Lipinski definition) is 4. The minimum absolute atomic E-state index is 0.0771. The van der Waals surface area contributed by atoms with Gasteiger partial charge in [-0.2, -0.15) is 5.10 Å². The van der Waals surface area contributed by atoms with Crippen molar-refractivity contribution in [1.29, 1.82) is 0 Å². The summed E-state index contributed by atoms with van der Waals surface area (Å²) >= 11 is 0. The summed E-state index contributed by atoms with van der Waals surface area (Å²) in [7, 11) is 1.67. The second-order valence-corrected chi connectivity index (χ2v) is 6.40. The predicted molar refractivity (Wildman–Crippen MR) is 103 cm³/mol. The summed E-state index contributed by atoms with van der Waals surface area (Å²) in [4.78, 5) is 13.9. The number of rotatable bonds is 7. The van der Waals surface area contributed by atoms with E-state index in [0.29, 0.717) is 12.3 Å². The Labute approximate surface area is 158 Å². The number of likely N-dealkylation sites (N-methyl/N-ethyl adjacent to an activating group) is 1. The van der Waals surface area contributed by atoms with Gasteiger partial charge in [-0.15, -0.1) is 0 Å². The lowest BCUT2D eigenvalue weighted by atomic mass is 10.2. The van der Waals surface area contributed by atoms with Crippen LogP contribution in [0.3, 0.4) is 0 Å². The second-order valence-electron chi connectivity index (χ2n) is 6.40. The molecule has 0 saturated heterocycles. The number of benzene rings is 2. The fraction of sp³-hybridized carbons (Fsp3) is 0.238. The first-order chi connectivity index (χ1) is 13.0. The number of carbonyl (C=O) groups is 1. The molecular weight excluding hydrogens is 342 g/mol. The zero-order valence-electron chi connectivity index (χ0n) is 15.4. The topological polar surface area (TPSA) is 67.6 Å². The van der Waals surface area contributed by atoms with Gasteiger partial charge in [0, 0.05) is 26.0 Å². The van der Waals surface area contributed by atoms with E-state index in [0.717, 1.165) is 16.8 Å². The third kappa shape index (κ3) is 4.74. The van der Waals surface area contributed by atoms with Crippen LogP contribution in [-0.4, -0.2) is 45.5 Å². The van der Waals surface area contributed by atoms with E-state index in [4.69, 9.17) is 4.74 Å². The maximum atomic E-state index is 12.4. The summed E-state index contributed by atoms with van der Waals surface area (Å²) in [6.07, 6.45) is 2.38.